The van der Waals surface area contributed by atoms with Crippen LogP contribution in [0.1, 0.15) is 88.2 Å². The highest BCUT2D eigenvalue weighted by Crippen LogP contribution is 2.40. The van der Waals surface area contributed by atoms with Crippen molar-refractivity contribution in [2.24, 2.45) is 0 Å². The maximum atomic E-state index is 2.47. The first-order chi connectivity index (χ1) is 9.28. The van der Waals surface area contributed by atoms with Crippen LogP contribution < -0.4 is 0 Å². The molecule has 2 fully saturated rings. The van der Waals surface area contributed by atoms with Crippen LogP contribution in [0.15, 0.2) is 24.3 Å². The molecule has 0 heterocycles. The van der Waals surface area contributed by atoms with E-state index in [2.05, 4.69) is 31.2 Å². The van der Waals surface area contributed by atoms with Crippen LogP contribution in [-0.2, 0) is 5.41 Å². The summed E-state index contributed by atoms with van der Waals surface area (Å²) in [5, 5.41) is 0. The quantitative estimate of drug-likeness (QED) is 0.612. The van der Waals surface area contributed by atoms with Crippen molar-refractivity contribution in [3.8, 4) is 0 Å². The van der Waals surface area contributed by atoms with E-state index in [1.807, 2.05) is 0 Å². The molecule has 0 amide bonds. The van der Waals surface area contributed by atoms with Gasteiger partial charge in [-0.05, 0) is 48.1 Å². The van der Waals surface area contributed by atoms with Gasteiger partial charge in [0.2, 0.25) is 0 Å². The molecule has 104 valence electrons. The maximum Gasteiger partial charge on any atom is -0.00752 e. The largest absolute Gasteiger partial charge is 0.0585 e. The van der Waals surface area contributed by atoms with E-state index in [9.17, 15) is 0 Å². The smallest absolute Gasteiger partial charge is 0.00752 e. The Balaban J connectivity index is 1.74. The SMILES string of the molecule is CC1(c2ccc(C3CCCCC3)cc2)CCCCC1. The monoisotopic (exact) mass is 256 g/mol. The van der Waals surface area contributed by atoms with Gasteiger partial charge in [0.05, 0.1) is 0 Å². The molecule has 0 bridgehead atoms. The fourth-order valence-corrected chi connectivity index (χ4v) is 4.21. The van der Waals surface area contributed by atoms with Crippen molar-refractivity contribution in [3.05, 3.63) is 35.4 Å². The highest BCUT2D eigenvalue weighted by atomic mass is 14.3. The molecule has 0 radical (unpaired) electrons. The van der Waals surface area contributed by atoms with Crippen molar-refractivity contribution in [2.45, 2.75) is 82.5 Å². The zero-order chi connectivity index (χ0) is 13.1. The predicted octanol–water partition coefficient (Wildman–Crippen LogP) is 5.96. The topological polar surface area (TPSA) is 0 Å². The first-order valence-corrected chi connectivity index (χ1v) is 8.38. The summed E-state index contributed by atoms with van der Waals surface area (Å²) in [6.45, 7) is 2.47. The summed E-state index contributed by atoms with van der Waals surface area (Å²) in [5.74, 6) is 0.849. The summed E-state index contributed by atoms with van der Waals surface area (Å²) in [7, 11) is 0. The van der Waals surface area contributed by atoms with Gasteiger partial charge in [-0.15, -0.1) is 0 Å². The Labute approximate surface area is 118 Å². The molecule has 1 aromatic rings. The molecule has 0 aliphatic heterocycles. The molecule has 0 saturated heterocycles. The van der Waals surface area contributed by atoms with E-state index < -0.39 is 0 Å². The molecule has 2 aliphatic rings. The van der Waals surface area contributed by atoms with Crippen molar-refractivity contribution in [1.29, 1.82) is 0 Å². The summed E-state index contributed by atoms with van der Waals surface area (Å²) in [6, 6.07) is 9.75. The summed E-state index contributed by atoms with van der Waals surface area (Å²) in [4.78, 5) is 0. The van der Waals surface area contributed by atoms with E-state index in [1.54, 1.807) is 11.1 Å². The Bertz CT molecular complexity index is 389. The van der Waals surface area contributed by atoms with Crippen molar-refractivity contribution >= 4 is 0 Å². The van der Waals surface area contributed by atoms with Crippen molar-refractivity contribution in [1.82, 2.24) is 0 Å². The minimum atomic E-state index is 0.462. The lowest BCUT2D eigenvalue weighted by molar-refractivity contribution is 0.319. The zero-order valence-electron chi connectivity index (χ0n) is 12.5. The first kappa shape index (κ1) is 13.2. The molecule has 0 unspecified atom stereocenters. The Hall–Kier alpha value is -0.780. The van der Waals surface area contributed by atoms with E-state index >= 15 is 0 Å². The summed E-state index contributed by atoms with van der Waals surface area (Å²) in [6.07, 6.45) is 14.2. The lowest BCUT2D eigenvalue weighted by Gasteiger charge is -2.34. The fourth-order valence-electron chi connectivity index (χ4n) is 4.21. The van der Waals surface area contributed by atoms with Crippen LogP contribution in [0, 0.1) is 0 Å². The normalized spacial score (nSPS) is 24.3. The van der Waals surface area contributed by atoms with Crippen LogP contribution in [-0.4, -0.2) is 0 Å². The van der Waals surface area contributed by atoms with Gasteiger partial charge in [-0.1, -0.05) is 69.7 Å². The van der Waals surface area contributed by atoms with Crippen LogP contribution in [0.25, 0.3) is 0 Å². The van der Waals surface area contributed by atoms with Crippen LogP contribution in [0.5, 0.6) is 0 Å². The van der Waals surface area contributed by atoms with E-state index in [-0.39, 0.29) is 0 Å². The molecule has 3 rings (SSSR count). The summed E-state index contributed by atoms with van der Waals surface area (Å²) >= 11 is 0. The lowest BCUT2D eigenvalue weighted by atomic mass is 9.70. The van der Waals surface area contributed by atoms with Crippen LogP contribution in [0.3, 0.4) is 0 Å². The van der Waals surface area contributed by atoms with Gasteiger partial charge in [-0.25, -0.2) is 0 Å². The number of hydrogen-bond donors (Lipinski definition) is 0. The second-order valence-electron chi connectivity index (χ2n) is 7.08. The third-order valence-corrected chi connectivity index (χ3v) is 5.64. The van der Waals surface area contributed by atoms with E-state index in [4.69, 9.17) is 0 Å². The molecule has 0 atom stereocenters. The summed E-state index contributed by atoms with van der Waals surface area (Å²) < 4.78 is 0. The molecule has 2 aliphatic carbocycles. The molecular weight excluding hydrogens is 228 g/mol. The first-order valence-electron chi connectivity index (χ1n) is 8.38. The van der Waals surface area contributed by atoms with E-state index in [1.165, 1.54) is 64.2 Å². The van der Waals surface area contributed by atoms with Crippen LogP contribution in [0.4, 0.5) is 0 Å². The third-order valence-electron chi connectivity index (χ3n) is 5.64. The zero-order valence-corrected chi connectivity index (χ0v) is 12.5. The molecular formula is C19H28. The van der Waals surface area contributed by atoms with Gasteiger partial charge in [0, 0.05) is 0 Å². The number of hydrogen-bond acceptors (Lipinski definition) is 0. The molecule has 19 heavy (non-hydrogen) atoms. The van der Waals surface area contributed by atoms with E-state index in [0.29, 0.717) is 5.41 Å². The average molecular weight is 256 g/mol. The van der Waals surface area contributed by atoms with Crippen molar-refractivity contribution < 1.29 is 0 Å². The highest BCUT2D eigenvalue weighted by molar-refractivity contribution is 5.31. The molecule has 0 spiro atoms. The minimum absolute atomic E-state index is 0.462. The molecule has 0 aromatic heterocycles. The number of rotatable bonds is 2. The number of benzene rings is 1. The Morgan fingerprint density at radius 2 is 1.37 bits per heavy atom. The summed E-state index contributed by atoms with van der Waals surface area (Å²) in [5.41, 5.74) is 3.65. The maximum absolute atomic E-state index is 2.47. The second-order valence-corrected chi connectivity index (χ2v) is 7.08. The fraction of sp³-hybridized carbons (Fsp3) is 0.684. The van der Waals surface area contributed by atoms with Crippen LogP contribution >= 0.6 is 0 Å². The third kappa shape index (κ3) is 2.88. The van der Waals surface area contributed by atoms with Gasteiger partial charge in [-0.2, -0.15) is 0 Å². The second kappa shape index (κ2) is 5.69. The Morgan fingerprint density at radius 3 is 2.00 bits per heavy atom. The van der Waals surface area contributed by atoms with Gasteiger partial charge in [0.1, 0.15) is 0 Å². The van der Waals surface area contributed by atoms with Crippen molar-refractivity contribution in [3.63, 3.8) is 0 Å². The van der Waals surface area contributed by atoms with Crippen LogP contribution in [0.2, 0.25) is 0 Å². The van der Waals surface area contributed by atoms with Gasteiger partial charge < -0.3 is 0 Å². The Kier molecular flexibility index (Phi) is 3.96. The molecule has 2 saturated carbocycles. The van der Waals surface area contributed by atoms with Gasteiger partial charge >= 0.3 is 0 Å². The standard InChI is InChI=1S/C19H28/c1-19(14-6-3-7-15-19)18-12-10-17(11-13-18)16-8-4-2-5-9-16/h10-13,16H,2-9,14-15H2,1H3. The molecule has 0 N–H and O–H groups in total. The molecule has 0 heteroatoms. The average Bonchev–Trinajstić information content (AvgIpc) is 2.49. The highest BCUT2D eigenvalue weighted by Gasteiger charge is 2.28. The minimum Gasteiger partial charge on any atom is -0.0585 e. The molecule has 1 aromatic carbocycles. The van der Waals surface area contributed by atoms with Crippen molar-refractivity contribution in [2.75, 3.05) is 0 Å². The lowest BCUT2D eigenvalue weighted by Crippen LogP contribution is -2.24. The van der Waals surface area contributed by atoms with Gasteiger partial charge in [-0.3, -0.25) is 0 Å². The van der Waals surface area contributed by atoms with E-state index in [0.717, 1.165) is 5.92 Å². The van der Waals surface area contributed by atoms with Gasteiger partial charge in [0.25, 0.3) is 0 Å². The van der Waals surface area contributed by atoms with Gasteiger partial charge in [0.15, 0.2) is 0 Å². The Morgan fingerprint density at radius 1 is 0.789 bits per heavy atom. The molecule has 0 nitrogen and oxygen atoms in total. The predicted molar refractivity (Wildman–Crippen MR) is 82.7 cm³/mol.